The highest BCUT2D eigenvalue weighted by molar-refractivity contribution is 5.29. The Labute approximate surface area is 183 Å². The average Bonchev–Trinajstić information content (AvgIpc) is 3.26. The van der Waals surface area contributed by atoms with E-state index in [0.29, 0.717) is 29.7 Å². The number of rotatable bonds is 4. The molecule has 0 aromatic carbocycles. The summed E-state index contributed by atoms with van der Waals surface area (Å²) in [6.07, 6.45) is 12.6. The Bertz CT molecular complexity index is 694. The van der Waals surface area contributed by atoms with Gasteiger partial charge >= 0.3 is 0 Å². The van der Waals surface area contributed by atoms with E-state index in [1.807, 2.05) is 0 Å². The number of nitrogens with zero attached hydrogens (tertiary/aromatic N) is 1. The monoisotopic (exact) mass is 413 g/mol. The van der Waals surface area contributed by atoms with Crippen LogP contribution in [0.15, 0.2) is 35.5 Å². The highest BCUT2D eigenvalue weighted by Gasteiger charge is 2.50. The number of likely N-dealkylation sites (tertiary alicyclic amines) is 1. The molecule has 4 fully saturated rings. The van der Waals surface area contributed by atoms with Crippen molar-refractivity contribution in [3.05, 3.63) is 35.5 Å². The van der Waals surface area contributed by atoms with Crippen molar-refractivity contribution < 1.29 is 10.2 Å². The SMILES string of the molecule is C=C1[C@H](O)CC(=CC=C2CCC[C@]3(C)[C@@H](C(C)CN4CCC(C)C4)CC[C@@H]23)C[C@H]1O. The maximum atomic E-state index is 10.2. The molecule has 1 aliphatic heterocycles. The molecule has 7 atom stereocenters. The second kappa shape index (κ2) is 8.92. The van der Waals surface area contributed by atoms with Crippen molar-refractivity contribution in [3.63, 3.8) is 0 Å². The zero-order valence-corrected chi connectivity index (χ0v) is 19.4. The second-order valence-corrected chi connectivity index (χ2v) is 11.3. The predicted molar refractivity (Wildman–Crippen MR) is 124 cm³/mol. The molecule has 0 radical (unpaired) electrons. The van der Waals surface area contributed by atoms with E-state index in [2.05, 4.69) is 44.4 Å². The van der Waals surface area contributed by atoms with E-state index < -0.39 is 12.2 Å². The van der Waals surface area contributed by atoms with Crippen LogP contribution < -0.4 is 0 Å². The smallest absolute Gasteiger partial charge is 0.0809 e. The molecule has 168 valence electrons. The van der Waals surface area contributed by atoms with Crippen molar-refractivity contribution in [2.45, 2.75) is 84.3 Å². The van der Waals surface area contributed by atoms with E-state index in [-0.39, 0.29) is 0 Å². The van der Waals surface area contributed by atoms with Gasteiger partial charge < -0.3 is 15.1 Å². The van der Waals surface area contributed by atoms with Gasteiger partial charge in [0.05, 0.1) is 12.2 Å². The van der Waals surface area contributed by atoms with Gasteiger partial charge in [-0.1, -0.05) is 50.6 Å². The highest BCUT2D eigenvalue weighted by Crippen LogP contribution is 2.59. The zero-order valence-electron chi connectivity index (χ0n) is 19.4. The minimum absolute atomic E-state index is 0.438. The molecule has 3 saturated carbocycles. The maximum absolute atomic E-state index is 10.2. The Hall–Kier alpha value is -0.900. The van der Waals surface area contributed by atoms with Crippen LogP contribution in [0, 0.1) is 29.1 Å². The van der Waals surface area contributed by atoms with Crippen LogP contribution in [0.4, 0.5) is 0 Å². The van der Waals surface area contributed by atoms with Gasteiger partial charge in [-0.3, -0.25) is 0 Å². The lowest BCUT2D eigenvalue weighted by atomic mass is 9.61. The lowest BCUT2D eigenvalue weighted by molar-refractivity contribution is 0.0818. The van der Waals surface area contributed by atoms with Crippen LogP contribution in [0.2, 0.25) is 0 Å². The number of aliphatic hydroxyl groups is 2. The van der Waals surface area contributed by atoms with Gasteiger partial charge in [0, 0.05) is 13.1 Å². The summed E-state index contributed by atoms with van der Waals surface area (Å²) in [7, 11) is 0. The zero-order chi connectivity index (χ0) is 21.5. The van der Waals surface area contributed by atoms with Crippen LogP contribution in [0.25, 0.3) is 0 Å². The Morgan fingerprint density at radius 1 is 1.17 bits per heavy atom. The summed E-state index contributed by atoms with van der Waals surface area (Å²) in [5.74, 6) is 3.19. The molecule has 0 amide bonds. The minimum Gasteiger partial charge on any atom is -0.388 e. The summed E-state index contributed by atoms with van der Waals surface area (Å²) in [6, 6.07) is 0. The molecule has 2 unspecified atom stereocenters. The Morgan fingerprint density at radius 3 is 2.57 bits per heavy atom. The van der Waals surface area contributed by atoms with Gasteiger partial charge in [0.1, 0.15) is 0 Å². The minimum atomic E-state index is -0.597. The molecular weight excluding hydrogens is 370 g/mol. The predicted octanol–water partition coefficient (Wildman–Crippen LogP) is 5.11. The highest BCUT2D eigenvalue weighted by atomic mass is 16.3. The number of fused-ring (bicyclic) bond motifs is 1. The Kier molecular flexibility index (Phi) is 6.63. The summed E-state index contributed by atoms with van der Waals surface area (Å²) in [5, 5.41) is 20.3. The van der Waals surface area contributed by atoms with Crippen LogP contribution in [-0.2, 0) is 0 Å². The lowest BCUT2D eigenvalue weighted by Crippen LogP contribution is -2.39. The quantitative estimate of drug-likeness (QED) is 0.630. The van der Waals surface area contributed by atoms with Gasteiger partial charge in [0.15, 0.2) is 0 Å². The van der Waals surface area contributed by atoms with Crippen molar-refractivity contribution in [3.8, 4) is 0 Å². The second-order valence-electron chi connectivity index (χ2n) is 11.3. The van der Waals surface area contributed by atoms with E-state index in [4.69, 9.17) is 0 Å². The van der Waals surface area contributed by atoms with E-state index in [1.165, 1.54) is 58.2 Å². The van der Waals surface area contributed by atoms with E-state index in [1.54, 1.807) is 5.57 Å². The third-order valence-electron chi connectivity index (χ3n) is 9.08. The molecule has 3 aliphatic carbocycles. The first-order chi connectivity index (χ1) is 14.3. The van der Waals surface area contributed by atoms with Gasteiger partial charge in [-0.15, -0.1) is 0 Å². The first-order valence-corrected chi connectivity index (χ1v) is 12.4. The topological polar surface area (TPSA) is 43.7 Å². The third kappa shape index (κ3) is 4.36. The summed E-state index contributed by atoms with van der Waals surface area (Å²) in [6.45, 7) is 15.2. The molecule has 3 heteroatoms. The van der Waals surface area contributed by atoms with Crippen LogP contribution >= 0.6 is 0 Å². The van der Waals surface area contributed by atoms with Gasteiger partial charge in [-0.05, 0) is 92.6 Å². The molecule has 1 saturated heterocycles. The van der Waals surface area contributed by atoms with Crippen molar-refractivity contribution in [1.29, 1.82) is 0 Å². The molecule has 1 heterocycles. The Balaban J connectivity index is 1.45. The van der Waals surface area contributed by atoms with Crippen LogP contribution in [0.5, 0.6) is 0 Å². The lowest BCUT2D eigenvalue weighted by Gasteiger charge is -2.45. The molecule has 0 aromatic rings. The standard InChI is InChI=1S/C27H43NO2/c1-18-11-13-28(16-18)17-19(2)23-9-10-24-22(6-5-12-27(23,24)4)8-7-21-14-25(29)20(3)26(30)15-21/h7-8,18-19,23-26,29-30H,3,5-6,9-17H2,1-2,4H3/t18?,19?,23-,24+,25-,26-,27-/m1/s1. The summed E-state index contributed by atoms with van der Waals surface area (Å²) in [4.78, 5) is 2.71. The third-order valence-corrected chi connectivity index (χ3v) is 9.08. The summed E-state index contributed by atoms with van der Waals surface area (Å²) < 4.78 is 0. The average molecular weight is 414 g/mol. The fourth-order valence-corrected chi connectivity index (χ4v) is 7.37. The molecule has 0 spiro atoms. The van der Waals surface area contributed by atoms with Crippen LogP contribution in [0.3, 0.4) is 0 Å². The van der Waals surface area contributed by atoms with Crippen LogP contribution in [0.1, 0.15) is 72.1 Å². The molecule has 2 N–H and O–H groups in total. The van der Waals surface area contributed by atoms with Crippen molar-refractivity contribution >= 4 is 0 Å². The fourth-order valence-electron chi connectivity index (χ4n) is 7.37. The fraction of sp³-hybridized carbons (Fsp3) is 0.778. The van der Waals surface area contributed by atoms with Crippen LogP contribution in [-0.4, -0.2) is 47.0 Å². The number of hydrogen-bond donors (Lipinski definition) is 2. The molecule has 4 aliphatic rings. The van der Waals surface area contributed by atoms with Gasteiger partial charge in [-0.2, -0.15) is 0 Å². The first kappa shape index (κ1) is 22.3. The van der Waals surface area contributed by atoms with Crippen molar-refractivity contribution in [2.24, 2.45) is 29.1 Å². The number of aliphatic hydroxyl groups excluding tert-OH is 2. The summed E-state index contributed by atoms with van der Waals surface area (Å²) in [5.41, 5.74) is 3.79. The van der Waals surface area contributed by atoms with Crippen molar-refractivity contribution in [2.75, 3.05) is 19.6 Å². The van der Waals surface area contributed by atoms with Gasteiger partial charge in [-0.25, -0.2) is 0 Å². The van der Waals surface area contributed by atoms with E-state index >= 15 is 0 Å². The Morgan fingerprint density at radius 2 is 1.90 bits per heavy atom. The molecule has 3 nitrogen and oxygen atoms in total. The molecule has 0 bridgehead atoms. The number of allylic oxidation sites excluding steroid dienone is 3. The molecule has 30 heavy (non-hydrogen) atoms. The maximum Gasteiger partial charge on any atom is 0.0809 e. The first-order valence-electron chi connectivity index (χ1n) is 12.4. The normalized spacial score (nSPS) is 42.6. The molecule has 0 aromatic heterocycles. The molecule has 4 rings (SSSR count). The summed E-state index contributed by atoms with van der Waals surface area (Å²) >= 11 is 0. The van der Waals surface area contributed by atoms with Gasteiger partial charge in [0.2, 0.25) is 0 Å². The molecular formula is C27H43NO2. The van der Waals surface area contributed by atoms with Crippen molar-refractivity contribution in [1.82, 2.24) is 4.90 Å². The van der Waals surface area contributed by atoms with E-state index in [0.717, 1.165) is 23.3 Å². The van der Waals surface area contributed by atoms with E-state index in [9.17, 15) is 10.2 Å². The number of hydrogen-bond acceptors (Lipinski definition) is 3. The van der Waals surface area contributed by atoms with Gasteiger partial charge in [0.25, 0.3) is 0 Å². The largest absolute Gasteiger partial charge is 0.388 e.